The van der Waals surface area contributed by atoms with Crippen LogP contribution in [-0.2, 0) is 9.59 Å². The fourth-order valence-corrected chi connectivity index (χ4v) is 4.40. The lowest BCUT2D eigenvalue weighted by molar-refractivity contribution is -0.132. The van der Waals surface area contributed by atoms with E-state index in [-0.39, 0.29) is 11.3 Å². The average Bonchev–Trinajstić information content (AvgIpc) is 3.10. The lowest BCUT2D eigenvalue weighted by Crippen LogP contribution is -2.30. The zero-order chi connectivity index (χ0) is 24.6. The minimum absolute atomic E-state index is 0.0145. The second-order valence-electron chi connectivity index (χ2n) is 8.40. The molecule has 1 aliphatic heterocycles. The average molecular weight is 458 g/mol. The number of carbonyl (C=O) groups is 2. The number of ketones is 1. The monoisotopic (exact) mass is 457 g/mol. The van der Waals surface area contributed by atoms with Crippen molar-refractivity contribution in [3.8, 4) is 11.5 Å². The molecule has 3 aromatic carbocycles. The number of methoxy groups -OCH3 is 2. The van der Waals surface area contributed by atoms with Gasteiger partial charge >= 0.3 is 0 Å². The molecule has 0 saturated carbocycles. The Kier molecular flexibility index (Phi) is 6.16. The molecule has 1 N–H and O–H groups in total. The van der Waals surface area contributed by atoms with Gasteiger partial charge in [0.25, 0.3) is 11.7 Å². The van der Waals surface area contributed by atoms with E-state index < -0.39 is 17.7 Å². The van der Waals surface area contributed by atoms with Crippen molar-refractivity contribution in [3.05, 3.63) is 94.1 Å². The van der Waals surface area contributed by atoms with Crippen molar-refractivity contribution >= 4 is 23.1 Å². The summed E-state index contributed by atoms with van der Waals surface area (Å²) in [6.45, 7) is 5.69. The van der Waals surface area contributed by atoms with Crippen molar-refractivity contribution in [2.45, 2.75) is 26.8 Å². The topological polar surface area (TPSA) is 76.1 Å². The molecule has 0 aliphatic carbocycles. The summed E-state index contributed by atoms with van der Waals surface area (Å²) in [4.78, 5) is 28.4. The number of aliphatic hydroxyl groups is 1. The summed E-state index contributed by atoms with van der Waals surface area (Å²) in [6.07, 6.45) is 0. The molecule has 0 aromatic heterocycles. The number of hydrogen-bond acceptors (Lipinski definition) is 5. The largest absolute Gasteiger partial charge is 0.507 e. The number of benzene rings is 3. The van der Waals surface area contributed by atoms with Crippen molar-refractivity contribution in [2.75, 3.05) is 19.1 Å². The Labute approximate surface area is 199 Å². The fourth-order valence-electron chi connectivity index (χ4n) is 4.40. The number of hydrogen-bond donors (Lipinski definition) is 1. The van der Waals surface area contributed by atoms with E-state index in [4.69, 9.17) is 9.47 Å². The third-order valence-corrected chi connectivity index (χ3v) is 6.11. The van der Waals surface area contributed by atoms with Gasteiger partial charge in [0.2, 0.25) is 0 Å². The van der Waals surface area contributed by atoms with Gasteiger partial charge in [-0.25, -0.2) is 0 Å². The third-order valence-electron chi connectivity index (χ3n) is 6.11. The number of rotatable bonds is 5. The zero-order valence-corrected chi connectivity index (χ0v) is 19.9. The Hall–Kier alpha value is -4.06. The number of nitrogens with zero attached hydrogens (tertiary/aromatic N) is 1. The van der Waals surface area contributed by atoms with E-state index in [9.17, 15) is 14.7 Å². The Morgan fingerprint density at radius 3 is 2.21 bits per heavy atom. The minimum Gasteiger partial charge on any atom is -0.507 e. The maximum Gasteiger partial charge on any atom is 0.300 e. The molecular formula is C28H27NO5. The molecule has 0 radical (unpaired) electrons. The second kappa shape index (κ2) is 9.06. The van der Waals surface area contributed by atoms with Gasteiger partial charge in [-0.05, 0) is 56.2 Å². The predicted molar refractivity (Wildman–Crippen MR) is 131 cm³/mol. The van der Waals surface area contributed by atoms with Crippen LogP contribution in [0.2, 0.25) is 0 Å². The first-order valence-electron chi connectivity index (χ1n) is 10.9. The first-order chi connectivity index (χ1) is 16.3. The Morgan fingerprint density at radius 2 is 1.50 bits per heavy atom. The molecule has 34 heavy (non-hydrogen) atoms. The first-order valence-corrected chi connectivity index (χ1v) is 10.9. The molecule has 1 unspecified atom stereocenters. The van der Waals surface area contributed by atoms with E-state index >= 15 is 0 Å². The smallest absolute Gasteiger partial charge is 0.300 e. The molecule has 1 atom stereocenters. The van der Waals surface area contributed by atoms with Crippen LogP contribution in [-0.4, -0.2) is 31.0 Å². The van der Waals surface area contributed by atoms with Gasteiger partial charge in [0.15, 0.2) is 0 Å². The molecule has 1 saturated heterocycles. The van der Waals surface area contributed by atoms with E-state index in [1.54, 1.807) is 24.3 Å². The van der Waals surface area contributed by atoms with E-state index in [1.807, 2.05) is 57.2 Å². The van der Waals surface area contributed by atoms with Crippen molar-refractivity contribution in [1.29, 1.82) is 0 Å². The highest BCUT2D eigenvalue weighted by atomic mass is 16.5. The summed E-state index contributed by atoms with van der Waals surface area (Å²) in [7, 11) is 3.03. The second-order valence-corrected chi connectivity index (χ2v) is 8.40. The summed E-state index contributed by atoms with van der Waals surface area (Å²) in [5, 5.41) is 11.5. The van der Waals surface area contributed by atoms with Gasteiger partial charge in [-0.1, -0.05) is 42.0 Å². The Morgan fingerprint density at radius 1 is 0.853 bits per heavy atom. The number of amides is 1. The van der Waals surface area contributed by atoms with Crippen molar-refractivity contribution in [2.24, 2.45) is 0 Å². The van der Waals surface area contributed by atoms with Crippen LogP contribution < -0.4 is 14.4 Å². The molecule has 1 amide bonds. The van der Waals surface area contributed by atoms with Gasteiger partial charge in [-0.3, -0.25) is 14.5 Å². The van der Waals surface area contributed by atoms with E-state index in [0.29, 0.717) is 28.3 Å². The molecule has 174 valence electrons. The van der Waals surface area contributed by atoms with Crippen LogP contribution in [0.4, 0.5) is 5.69 Å². The van der Waals surface area contributed by atoms with E-state index in [1.165, 1.54) is 19.1 Å². The number of anilines is 1. The van der Waals surface area contributed by atoms with Crippen LogP contribution in [0.1, 0.15) is 33.9 Å². The van der Waals surface area contributed by atoms with Crippen LogP contribution in [0.15, 0.2) is 66.2 Å². The zero-order valence-electron chi connectivity index (χ0n) is 19.9. The van der Waals surface area contributed by atoms with Crippen LogP contribution in [0.3, 0.4) is 0 Å². The normalized spacial score (nSPS) is 17.2. The van der Waals surface area contributed by atoms with Gasteiger partial charge < -0.3 is 14.6 Å². The summed E-state index contributed by atoms with van der Waals surface area (Å²) >= 11 is 0. The molecule has 1 heterocycles. The van der Waals surface area contributed by atoms with Gasteiger partial charge in [0.05, 0.1) is 31.4 Å². The summed E-state index contributed by atoms with van der Waals surface area (Å²) in [6, 6.07) is 17.4. The Balaban J connectivity index is 2.06. The van der Waals surface area contributed by atoms with Crippen molar-refractivity contribution in [1.82, 2.24) is 0 Å². The predicted octanol–water partition coefficient (Wildman–Crippen LogP) is 5.26. The van der Waals surface area contributed by atoms with Gasteiger partial charge in [-0.15, -0.1) is 0 Å². The van der Waals surface area contributed by atoms with Crippen molar-refractivity contribution < 1.29 is 24.2 Å². The fraction of sp³-hybridized carbons (Fsp3) is 0.214. The summed E-state index contributed by atoms with van der Waals surface area (Å²) in [5.41, 5.74) is 4.19. The van der Waals surface area contributed by atoms with Crippen LogP contribution in [0, 0.1) is 20.8 Å². The molecule has 1 fully saturated rings. The first kappa shape index (κ1) is 23.1. The minimum atomic E-state index is -0.887. The maximum atomic E-state index is 13.5. The van der Waals surface area contributed by atoms with Crippen LogP contribution in [0.25, 0.3) is 5.76 Å². The maximum absolute atomic E-state index is 13.5. The Bertz CT molecular complexity index is 1320. The summed E-state index contributed by atoms with van der Waals surface area (Å²) < 4.78 is 11.0. The highest BCUT2D eigenvalue weighted by molar-refractivity contribution is 6.52. The third kappa shape index (κ3) is 3.81. The quantitative estimate of drug-likeness (QED) is 0.322. The number of carbonyl (C=O) groups excluding carboxylic acids is 2. The van der Waals surface area contributed by atoms with Gasteiger partial charge in [0, 0.05) is 11.3 Å². The van der Waals surface area contributed by atoms with Crippen molar-refractivity contribution in [3.63, 3.8) is 0 Å². The van der Waals surface area contributed by atoms with Gasteiger partial charge in [-0.2, -0.15) is 0 Å². The van der Waals surface area contributed by atoms with Crippen LogP contribution in [0.5, 0.6) is 11.5 Å². The molecule has 6 heteroatoms. The standard InChI is InChI=1S/C28H27NO5/c1-16-11-13-23(34-5)20(14-16)26(30)24-25(19-8-6-7-9-22(19)33-4)29(28(32)27(24)31)21-15-17(2)10-12-18(21)3/h6-15,25,30H,1-5H3/b26-24+. The molecular weight excluding hydrogens is 430 g/mol. The van der Waals surface area contributed by atoms with E-state index in [2.05, 4.69) is 0 Å². The SMILES string of the molecule is COc1ccc(C)cc1/C(O)=C1\C(=O)C(=O)N(c2cc(C)ccc2C)C1c1ccccc1OC. The summed E-state index contributed by atoms with van der Waals surface area (Å²) in [5.74, 6) is -0.857. The highest BCUT2D eigenvalue weighted by Gasteiger charge is 2.48. The molecule has 6 nitrogen and oxygen atoms in total. The van der Waals surface area contributed by atoms with Crippen LogP contribution >= 0.6 is 0 Å². The molecule has 0 spiro atoms. The van der Waals surface area contributed by atoms with Gasteiger partial charge in [0.1, 0.15) is 17.3 Å². The number of ether oxygens (including phenoxy) is 2. The molecule has 4 rings (SSSR count). The lowest BCUT2D eigenvalue weighted by Gasteiger charge is -2.28. The lowest BCUT2D eigenvalue weighted by atomic mass is 9.93. The number of aryl methyl sites for hydroxylation is 3. The van der Waals surface area contributed by atoms with E-state index in [0.717, 1.165) is 16.7 Å². The number of Topliss-reactive ketones (excluding diaryl/α,β-unsaturated/α-hetero) is 1. The number of para-hydroxylation sites is 1. The highest BCUT2D eigenvalue weighted by Crippen LogP contribution is 2.46. The molecule has 3 aromatic rings. The molecule has 0 bridgehead atoms. The number of aliphatic hydroxyl groups excluding tert-OH is 1. The molecule has 1 aliphatic rings.